The topological polar surface area (TPSA) is 76.5 Å². The highest BCUT2D eigenvalue weighted by atomic mass is 32.1. The van der Waals surface area contributed by atoms with Gasteiger partial charge in [0.15, 0.2) is 0 Å². The number of aliphatic hydroxyl groups excluding tert-OH is 1. The van der Waals surface area contributed by atoms with Crippen LogP contribution in [0.25, 0.3) is 0 Å². The first-order valence-electron chi connectivity index (χ1n) is 5.62. The summed E-state index contributed by atoms with van der Waals surface area (Å²) in [5, 5.41) is 12.9. The van der Waals surface area contributed by atoms with Gasteiger partial charge in [0.1, 0.15) is 18.9 Å². The number of rotatable bonds is 7. The van der Waals surface area contributed by atoms with Crippen LogP contribution in [0, 0.1) is 0 Å². The maximum absolute atomic E-state index is 9.68. The third kappa shape index (κ3) is 3.88. The van der Waals surface area contributed by atoms with Crippen LogP contribution in [-0.2, 0) is 4.74 Å². The van der Waals surface area contributed by atoms with Crippen LogP contribution in [-0.4, -0.2) is 52.4 Å². The lowest BCUT2D eigenvalue weighted by Crippen LogP contribution is -2.48. The van der Waals surface area contributed by atoms with E-state index in [0.29, 0.717) is 24.6 Å². The van der Waals surface area contributed by atoms with Crippen molar-refractivity contribution in [1.29, 1.82) is 0 Å². The molecule has 0 saturated heterocycles. The molecule has 1 saturated carbocycles. The predicted octanol–water partition coefficient (Wildman–Crippen LogP) is 0.0448. The van der Waals surface area contributed by atoms with E-state index in [1.165, 1.54) is 0 Å². The number of ether oxygens (including phenoxy) is 2. The zero-order valence-corrected chi connectivity index (χ0v) is 10.5. The molecule has 0 aliphatic heterocycles. The fraction of sp³-hybridized carbons (Fsp3) is 0.800. The second-order valence-electron chi connectivity index (χ2n) is 4.14. The summed E-state index contributed by atoms with van der Waals surface area (Å²) in [4.78, 5) is 0. The molecule has 1 fully saturated rings. The number of nitrogens with one attached hydrogen (secondary N) is 1. The molecule has 1 unspecified atom stereocenters. The Morgan fingerprint density at radius 3 is 3.12 bits per heavy atom. The van der Waals surface area contributed by atoms with Gasteiger partial charge < -0.3 is 19.9 Å². The minimum Gasteiger partial charge on any atom is -0.473 e. The van der Waals surface area contributed by atoms with E-state index in [9.17, 15) is 5.11 Å². The molecule has 0 aromatic carbocycles. The molecule has 6 nitrogen and oxygen atoms in total. The van der Waals surface area contributed by atoms with Crippen molar-refractivity contribution >= 4 is 11.7 Å². The first-order valence-corrected chi connectivity index (χ1v) is 6.35. The van der Waals surface area contributed by atoms with Gasteiger partial charge in [-0.1, -0.05) is 0 Å². The van der Waals surface area contributed by atoms with Crippen LogP contribution in [0.15, 0.2) is 6.20 Å². The van der Waals surface area contributed by atoms with Gasteiger partial charge in [0, 0.05) is 19.7 Å². The van der Waals surface area contributed by atoms with Crippen LogP contribution in [0.3, 0.4) is 0 Å². The van der Waals surface area contributed by atoms with E-state index in [2.05, 4.69) is 14.1 Å². The smallest absolute Gasteiger partial charge is 0.245 e. The van der Waals surface area contributed by atoms with E-state index in [0.717, 1.165) is 24.6 Å². The first kappa shape index (κ1) is 12.7. The van der Waals surface area contributed by atoms with Gasteiger partial charge in [-0.05, 0) is 12.8 Å². The SMILES string of the molecule is COC1CC(NCC(O)COc2cnsn2)C1. The van der Waals surface area contributed by atoms with Crippen LogP contribution in [0.1, 0.15) is 12.8 Å². The molecule has 1 atom stereocenters. The van der Waals surface area contributed by atoms with Gasteiger partial charge in [-0.25, -0.2) is 0 Å². The lowest BCUT2D eigenvalue weighted by atomic mass is 9.89. The van der Waals surface area contributed by atoms with Crippen molar-refractivity contribution in [3.8, 4) is 5.88 Å². The van der Waals surface area contributed by atoms with Crippen LogP contribution in [0.5, 0.6) is 5.88 Å². The molecule has 1 aliphatic rings. The zero-order chi connectivity index (χ0) is 12.1. The summed E-state index contributed by atoms with van der Waals surface area (Å²) < 4.78 is 18.1. The molecular weight excluding hydrogens is 242 g/mol. The van der Waals surface area contributed by atoms with Crippen LogP contribution >= 0.6 is 11.7 Å². The van der Waals surface area contributed by atoms with Crippen molar-refractivity contribution in [2.45, 2.75) is 31.1 Å². The summed E-state index contributed by atoms with van der Waals surface area (Å²) >= 11 is 1.09. The number of methoxy groups -OCH3 is 1. The molecule has 1 aromatic heterocycles. The molecule has 96 valence electrons. The van der Waals surface area contributed by atoms with Gasteiger partial charge >= 0.3 is 0 Å². The highest BCUT2D eigenvalue weighted by molar-refractivity contribution is 6.99. The summed E-state index contributed by atoms with van der Waals surface area (Å²) in [6.45, 7) is 0.761. The largest absolute Gasteiger partial charge is 0.473 e. The van der Waals surface area contributed by atoms with Crippen LogP contribution in [0.2, 0.25) is 0 Å². The molecule has 17 heavy (non-hydrogen) atoms. The van der Waals surface area contributed by atoms with E-state index in [-0.39, 0.29) is 6.61 Å². The summed E-state index contributed by atoms with van der Waals surface area (Å²) in [7, 11) is 1.73. The fourth-order valence-corrected chi connectivity index (χ4v) is 2.05. The maximum atomic E-state index is 9.68. The summed E-state index contributed by atoms with van der Waals surface area (Å²) in [5.74, 6) is 0.470. The van der Waals surface area contributed by atoms with Crippen molar-refractivity contribution in [3.05, 3.63) is 6.20 Å². The molecule has 7 heteroatoms. The Morgan fingerprint density at radius 1 is 1.65 bits per heavy atom. The highest BCUT2D eigenvalue weighted by Crippen LogP contribution is 2.22. The molecule has 0 bridgehead atoms. The number of hydrogen-bond acceptors (Lipinski definition) is 7. The molecule has 1 aliphatic carbocycles. The average Bonchev–Trinajstić information content (AvgIpc) is 2.77. The van der Waals surface area contributed by atoms with E-state index in [1.807, 2.05) is 0 Å². The Labute approximate surface area is 104 Å². The molecular formula is C10H17N3O3S. The standard InChI is InChI=1S/C10H17N3O3S/c1-15-9-2-7(3-9)11-4-8(14)6-16-10-5-12-17-13-10/h5,7-9,11,14H,2-4,6H2,1H3. The molecule has 2 rings (SSSR count). The first-order chi connectivity index (χ1) is 8.28. The molecule has 0 spiro atoms. The van der Waals surface area contributed by atoms with Crippen molar-refractivity contribution in [2.24, 2.45) is 0 Å². The maximum Gasteiger partial charge on any atom is 0.245 e. The van der Waals surface area contributed by atoms with E-state index in [4.69, 9.17) is 9.47 Å². The van der Waals surface area contributed by atoms with Crippen molar-refractivity contribution < 1.29 is 14.6 Å². The van der Waals surface area contributed by atoms with E-state index >= 15 is 0 Å². The van der Waals surface area contributed by atoms with Gasteiger partial charge in [0.2, 0.25) is 5.88 Å². The van der Waals surface area contributed by atoms with Crippen LogP contribution in [0.4, 0.5) is 0 Å². The second kappa shape index (κ2) is 6.25. The Hall–Kier alpha value is -0.760. The summed E-state index contributed by atoms with van der Waals surface area (Å²) in [6, 6.07) is 0.454. The van der Waals surface area contributed by atoms with Crippen molar-refractivity contribution in [2.75, 3.05) is 20.3 Å². The Bertz CT molecular complexity index is 317. The summed E-state index contributed by atoms with van der Waals surface area (Å²) in [5.41, 5.74) is 0. The molecule has 1 aromatic rings. The molecule has 0 radical (unpaired) electrons. The average molecular weight is 259 g/mol. The lowest BCUT2D eigenvalue weighted by molar-refractivity contribution is 0.0116. The Morgan fingerprint density at radius 2 is 2.47 bits per heavy atom. The quantitative estimate of drug-likeness (QED) is 0.720. The van der Waals surface area contributed by atoms with Gasteiger partial charge in [-0.15, -0.1) is 4.37 Å². The lowest BCUT2D eigenvalue weighted by Gasteiger charge is -2.35. The summed E-state index contributed by atoms with van der Waals surface area (Å²) in [6.07, 6.45) is 3.42. The van der Waals surface area contributed by atoms with Gasteiger partial charge in [0.05, 0.1) is 17.8 Å². The predicted molar refractivity (Wildman–Crippen MR) is 63.2 cm³/mol. The van der Waals surface area contributed by atoms with Crippen LogP contribution < -0.4 is 10.1 Å². The minimum absolute atomic E-state index is 0.235. The number of aromatic nitrogens is 2. The third-order valence-corrected chi connectivity index (χ3v) is 3.30. The van der Waals surface area contributed by atoms with E-state index < -0.39 is 6.10 Å². The number of nitrogens with zero attached hydrogens (tertiary/aromatic N) is 2. The zero-order valence-electron chi connectivity index (χ0n) is 9.70. The number of aliphatic hydroxyl groups is 1. The van der Waals surface area contributed by atoms with Crippen molar-refractivity contribution in [3.63, 3.8) is 0 Å². The van der Waals surface area contributed by atoms with Crippen molar-refractivity contribution in [1.82, 2.24) is 14.1 Å². The Balaban J connectivity index is 1.54. The Kier molecular flexibility index (Phi) is 4.66. The normalized spacial score (nSPS) is 25.3. The van der Waals surface area contributed by atoms with E-state index in [1.54, 1.807) is 13.3 Å². The highest BCUT2D eigenvalue weighted by Gasteiger charge is 2.28. The van der Waals surface area contributed by atoms with Gasteiger partial charge in [0.25, 0.3) is 0 Å². The van der Waals surface area contributed by atoms with Gasteiger partial charge in [-0.3, -0.25) is 0 Å². The molecule has 1 heterocycles. The van der Waals surface area contributed by atoms with Gasteiger partial charge in [-0.2, -0.15) is 4.37 Å². The molecule has 0 amide bonds. The monoisotopic (exact) mass is 259 g/mol. The second-order valence-corrected chi connectivity index (χ2v) is 4.70. The fourth-order valence-electron chi connectivity index (χ4n) is 1.69. The minimum atomic E-state index is -0.529. The molecule has 2 N–H and O–H groups in total. The third-order valence-electron chi connectivity index (χ3n) is 2.83. The number of hydrogen-bond donors (Lipinski definition) is 2.